The van der Waals surface area contributed by atoms with Crippen LogP contribution in [-0.4, -0.2) is 58.7 Å². The second-order valence-corrected chi connectivity index (χ2v) is 6.41. The maximum absolute atomic E-state index is 10.9. The Morgan fingerprint density at radius 3 is 2.28 bits per heavy atom. The zero-order chi connectivity index (χ0) is 14.4. The number of rotatable bonds is 6. The lowest BCUT2D eigenvalue weighted by molar-refractivity contribution is -0.822. The van der Waals surface area contributed by atoms with Crippen LogP contribution in [0.3, 0.4) is 0 Å². The molecule has 0 radical (unpaired) electrons. The van der Waals surface area contributed by atoms with Crippen molar-refractivity contribution in [2.24, 2.45) is 4.99 Å². The lowest BCUT2D eigenvalue weighted by Gasteiger charge is -2.03. The molecule has 0 aliphatic rings. The predicted molar refractivity (Wildman–Crippen MR) is 59.6 cm³/mol. The molecule has 0 aromatic rings. The molecule has 13 heteroatoms. The van der Waals surface area contributed by atoms with Crippen molar-refractivity contribution >= 4 is 26.1 Å². The molecule has 0 aromatic heterocycles. The van der Waals surface area contributed by atoms with Crippen molar-refractivity contribution in [1.29, 1.82) is 0 Å². The van der Waals surface area contributed by atoms with Gasteiger partial charge in [-0.2, -0.15) is 8.42 Å². The summed E-state index contributed by atoms with van der Waals surface area (Å²) < 4.78 is 49.0. The van der Waals surface area contributed by atoms with Gasteiger partial charge >= 0.3 is 5.03 Å². The van der Waals surface area contributed by atoms with Gasteiger partial charge in [-0.1, -0.05) is 0 Å². The summed E-state index contributed by atoms with van der Waals surface area (Å²) in [7, 11) is -7.34. The Bertz CT molecular complexity index is 522. The van der Waals surface area contributed by atoms with E-state index in [0.29, 0.717) is 0 Å². The standard InChI is InChI=1S/C5H13N4O7S2/c1-17(12,13)8-5(7-9(10)11)6-3-4-16-18(2,14)15/h3-4H2,1-2H3,(H,10,11)(H2,6,7,8)/q+1. The molecule has 0 spiro atoms. The van der Waals surface area contributed by atoms with E-state index >= 15 is 0 Å². The van der Waals surface area contributed by atoms with Gasteiger partial charge in [0.15, 0.2) is 0 Å². The highest BCUT2D eigenvalue weighted by Crippen LogP contribution is 1.86. The number of hydrogen-bond acceptors (Lipinski definition) is 7. The van der Waals surface area contributed by atoms with Gasteiger partial charge in [0.25, 0.3) is 16.1 Å². The number of nitrogens with one attached hydrogen (secondary N) is 2. The van der Waals surface area contributed by atoms with Crippen LogP contribution in [0.4, 0.5) is 0 Å². The minimum atomic E-state index is -3.71. The van der Waals surface area contributed by atoms with Gasteiger partial charge < -0.3 is 0 Å². The average molecular weight is 305 g/mol. The van der Waals surface area contributed by atoms with E-state index in [2.05, 4.69) is 9.18 Å². The third-order valence-corrected chi connectivity index (χ3v) is 2.30. The Hall–Kier alpha value is -1.47. The molecule has 0 amide bonds. The van der Waals surface area contributed by atoms with Crippen molar-refractivity contribution < 1.29 is 31.3 Å². The zero-order valence-electron chi connectivity index (χ0n) is 9.52. The van der Waals surface area contributed by atoms with Crippen LogP contribution >= 0.6 is 0 Å². The Labute approximate surface area is 104 Å². The maximum atomic E-state index is 10.9. The number of guanidine groups is 1. The Balaban J connectivity index is 4.52. The van der Waals surface area contributed by atoms with Crippen molar-refractivity contribution in [1.82, 2.24) is 10.1 Å². The minimum absolute atomic E-state index is 0.258. The number of aliphatic imine (C=N–C) groups is 1. The van der Waals surface area contributed by atoms with Gasteiger partial charge in [0, 0.05) is 0 Å². The average Bonchev–Trinajstić information content (AvgIpc) is 2.06. The quantitative estimate of drug-likeness (QED) is 0.160. The minimum Gasteiger partial charge on any atom is -0.268 e. The van der Waals surface area contributed by atoms with Gasteiger partial charge in [0.05, 0.1) is 25.7 Å². The summed E-state index contributed by atoms with van der Waals surface area (Å²) in [4.78, 5) is 13.7. The molecule has 0 rings (SSSR count). The summed E-state index contributed by atoms with van der Waals surface area (Å²) in [5, 5.41) is 7.56. The van der Waals surface area contributed by atoms with Crippen LogP contribution < -0.4 is 10.1 Å². The monoisotopic (exact) mass is 305 g/mol. The number of hydrogen-bond donors (Lipinski definition) is 3. The van der Waals surface area contributed by atoms with Gasteiger partial charge in [0.2, 0.25) is 10.0 Å². The van der Waals surface area contributed by atoms with Gasteiger partial charge in [-0.3, -0.25) is 4.18 Å². The number of hydrazine groups is 1. The van der Waals surface area contributed by atoms with Gasteiger partial charge in [0.1, 0.15) is 4.91 Å². The first kappa shape index (κ1) is 16.5. The van der Waals surface area contributed by atoms with Crippen LogP contribution in [0.5, 0.6) is 0 Å². The van der Waals surface area contributed by atoms with Gasteiger partial charge in [-0.15, -0.1) is 0 Å². The summed E-state index contributed by atoms with van der Waals surface area (Å²) in [6.07, 6.45) is 1.63. The smallest absolute Gasteiger partial charge is 0.268 e. The van der Waals surface area contributed by atoms with Crippen LogP contribution in [0.1, 0.15) is 0 Å². The van der Waals surface area contributed by atoms with Crippen molar-refractivity contribution in [2.45, 2.75) is 0 Å². The number of sulfonamides is 1. The van der Waals surface area contributed by atoms with E-state index in [4.69, 9.17) is 5.21 Å². The third-order valence-electron chi connectivity index (χ3n) is 1.14. The number of nitrogens with zero attached hydrogens (tertiary/aromatic N) is 2. The van der Waals surface area contributed by atoms with Crippen molar-refractivity contribution in [2.75, 3.05) is 25.7 Å². The molecule has 0 saturated carbocycles. The zero-order valence-corrected chi connectivity index (χ0v) is 11.2. The van der Waals surface area contributed by atoms with Crippen LogP contribution in [0.25, 0.3) is 0 Å². The fourth-order valence-corrected chi connectivity index (χ4v) is 1.54. The second kappa shape index (κ2) is 6.46. The molecule has 0 heterocycles. The van der Waals surface area contributed by atoms with E-state index in [-0.39, 0.29) is 13.2 Å². The Kier molecular flexibility index (Phi) is 5.93. The van der Waals surface area contributed by atoms with E-state index in [1.807, 2.05) is 0 Å². The molecule has 0 atom stereocenters. The lowest BCUT2D eigenvalue weighted by atomic mass is 10.7. The molecule has 0 aliphatic heterocycles. The second-order valence-electron chi connectivity index (χ2n) is 3.02. The largest absolute Gasteiger partial charge is 0.362 e. The van der Waals surface area contributed by atoms with Gasteiger partial charge in [-0.25, -0.2) is 23.3 Å². The highest BCUT2D eigenvalue weighted by atomic mass is 32.2. The molecule has 0 aliphatic carbocycles. The van der Waals surface area contributed by atoms with E-state index in [1.165, 1.54) is 0 Å². The fraction of sp³-hybridized carbons (Fsp3) is 0.800. The first-order valence-electron chi connectivity index (χ1n) is 4.29. The summed E-state index contributed by atoms with van der Waals surface area (Å²) in [5.74, 6) is -0.577. The Morgan fingerprint density at radius 1 is 1.33 bits per heavy atom. The third kappa shape index (κ3) is 11.0. The van der Waals surface area contributed by atoms with E-state index < -0.39 is 31.1 Å². The highest BCUT2D eigenvalue weighted by Gasteiger charge is 2.14. The summed E-state index contributed by atoms with van der Waals surface area (Å²) in [6, 6.07) is 0. The molecule has 0 fully saturated rings. The molecule has 0 unspecified atom stereocenters. The SMILES string of the molecule is CS(=O)(=O)NC(=NCCOS(C)(=O)=O)N[N+](=O)O. The first-order chi connectivity index (χ1) is 7.99. The lowest BCUT2D eigenvalue weighted by Crippen LogP contribution is -2.44. The molecule has 0 bridgehead atoms. The highest BCUT2D eigenvalue weighted by molar-refractivity contribution is 7.89. The summed E-state index contributed by atoms with van der Waals surface area (Å²) in [5.41, 5.74) is 1.62. The van der Waals surface area contributed by atoms with Crippen molar-refractivity contribution in [3.63, 3.8) is 0 Å². The molecular weight excluding hydrogens is 292 g/mol. The summed E-state index contributed by atoms with van der Waals surface area (Å²) >= 11 is 0. The van der Waals surface area contributed by atoms with Crippen molar-refractivity contribution in [3.05, 3.63) is 4.91 Å². The van der Waals surface area contributed by atoms with Crippen LogP contribution in [0, 0.1) is 4.91 Å². The molecule has 18 heavy (non-hydrogen) atoms. The topological polar surface area (TPSA) is 154 Å². The van der Waals surface area contributed by atoms with Crippen LogP contribution in [0.15, 0.2) is 4.99 Å². The fourth-order valence-electron chi connectivity index (χ4n) is 0.703. The molecular formula is C5H13N4O7S2+. The Morgan fingerprint density at radius 2 is 1.89 bits per heavy atom. The molecule has 0 saturated heterocycles. The molecule has 3 N–H and O–H groups in total. The summed E-state index contributed by atoms with van der Waals surface area (Å²) in [6.45, 7) is -0.606. The molecule has 106 valence electrons. The molecule has 0 aromatic carbocycles. The normalized spacial score (nSPS) is 13.1. The van der Waals surface area contributed by atoms with Crippen molar-refractivity contribution in [3.8, 4) is 0 Å². The molecule has 11 nitrogen and oxygen atoms in total. The van der Waals surface area contributed by atoms with E-state index in [0.717, 1.165) is 12.5 Å². The van der Waals surface area contributed by atoms with E-state index in [9.17, 15) is 21.7 Å². The van der Waals surface area contributed by atoms with E-state index in [1.54, 1.807) is 10.1 Å². The maximum Gasteiger partial charge on any atom is 0.362 e. The van der Waals surface area contributed by atoms with Crippen LogP contribution in [-0.2, 0) is 24.3 Å². The predicted octanol–water partition coefficient (Wildman–Crippen LogP) is -2.46. The first-order valence-corrected chi connectivity index (χ1v) is 8.00. The van der Waals surface area contributed by atoms with Gasteiger partial charge in [-0.05, 0) is 5.43 Å². The van der Waals surface area contributed by atoms with Crippen LogP contribution in [0.2, 0.25) is 0 Å².